The van der Waals surface area contributed by atoms with E-state index in [4.69, 9.17) is 19.9 Å². The average molecular weight is 603 g/mol. The van der Waals surface area contributed by atoms with Crippen LogP contribution in [-0.4, -0.2) is 29.5 Å². The largest absolute Gasteiger partial charge is 0.292 e. The zero-order valence-electron chi connectivity index (χ0n) is 25.2. The van der Waals surface area contributed by atoms with Crippen molar-refractivity contribution < 1.29 is 0 Å². The van der Waals surface area contributed by atoms with Gasteiger partial charge in [0.2, 0.25) is 0 Å². The Bertz CT molecular complexity index is 2470. The van der Waals surface area contributed by atoms with Crippen LogP contribution in [0.2, 0.25) is 0 Å². The van der Waals surface area contributed by atoms with Gasteiger partial charge in [0.05, 0.1) is 11.7 Å². The monoisotopic (exact) mass is 602 g/mol. The summed E-state index contributed by atoms with van der Waals surface area (Å²) in [4.78, 5) is 24.3. The van der Waals surface area contributed by atoms with Crippen LogP contribution in [0.3, 0.4) is 0 Å². The second-order valence-electron chi connectivity index (χ2n) is 11.5. The zero-order valence-corrected chi connectivity index (χ0v) is 25.2. The van der Waals surface area contributed by atoms with Crippen molar-refractivity contribution in [1.29, 1.82) is 0 Å². The van der Waals surface area contributed by atoms with Crippen LogP contribution in [0.4, 0.5) is 0 Å². The number of fused-ring (bicyclic) bond motifs is 3. The SMILES string of the molecule is c1ccc(-c2nc3cnccc3n2-c2ccc(-c3nc(-c4ccc5ccccc5c4)nc(-c4ccc5ccccc5c4)n3)cc2)cc1. The standard InChI is InChI=1S/C41H26N6/c1-2-10-30(11-3-1)41-43-36-26-42-23-22-37(36)47(41)35-20-18-29(19-21-35)38-44-39(33-16-14-27-8-4-6-12-31(27)24-33)46-40(45-38)34-17-15-28-9-5-7-13-32(28)25-34/h1-26H. The van der Waals surface area contributed by atoms with E-state index in [0.717, 1.165) is 55.6 Å². The molecule has 9 rings (SSSR count). The van der Waals surface area contributed by atoms with Crippen molar-refractivity contribution in [1.82, 2.24) is 29.5 Å². The molecule has 0 spiro atoms. The summed E-state index contributed by atoms with van der Waals surface area (Å²) >= 11 is 0. The summed E-state index contributed by atoms with van der Waals surface area (Å²) in [5.74, 6) is 2.74. The number of hydrogen-bond donors (Lipinski definition) is 0. The van der Waals surface area contributed by atoms with Crippen molar-refractivity contribution >= 4 is 32.6 Å². The zero-order chi connectivity index (χ0) is 31.2. The van der Waals surface area contributed by atoms with Gasteiger partial charge in [-0.3, -0.25) is 9.55 Å². The Kier molecular flexibility index (Phi) is 6.35. The molecule has 0 fully saturated rings. The highest BCUT2D eigenvalue weighted by Crippen LogP contribution is 2.31. The second-order valence-corrected chi connectivity index (χ2v) is 11.5. The minimum Gasteiger partial charge on any atom is -0.292 e. The van der Waals surface area contributed by atoms with Crippen LogP contribution in [0.5, 0.6) is 0 Å². The molecule has 220 valence electrons. The molecule has 0 amide bonds. The molecule has 0 aliphatic carbocycles. The van der Waals surface area contributed by atoms with E-state index >= 15 is 0 Å². The third-order valence-corrected chi connectivity index (χ3v) is 8.52. The molecule has 0 unspecified atom stereocenters. The van der Waals surface area contributed by atoms with Crippen molar-refractivity contribution in [3.05, 3.63) is 158 Å². The van der Waals surface area contributed by atoms with Crippen molar-refractivity contribution in [2.24, 2.45) is 0 Å². The molecule has 0 bridgehead atoms. The first-order chi connectivity index (χ1) is 23.3. The molecule has 6 aromatic carbocycles. The molecule has 0 aliphatic rings. The first-order valence-corrected chi connectivity index (χ1v) is 15.5. The van der Waals surface area contributed by atoms with Gasteiger partial charge in [-0.25, -0.2) is 19.9 Å². The van der Waals surface area contributed by atoms with Gasteiger partial charge in [0.1, 0.15) is 11.3 Å². The molecule has 3 aromatic heterocycles. The van der Waals surface area contributed by atoms with Crippen molar-refractivity contribution in [2.75, 3.05) is 0 Å². The fraction of sp³-hybridized carbons (Fsp3) is 0. The van der Waals surface area contributed by atoms with Gasteiger partial charge in [-0.1, -0.05) is 103 Å². The highest BCUT2D eigenvalue weighted by Gasteiger charge is 2.16. The fourth-order valence-corrected chi connectivity index (χ4v) is 6.15. The maximum atomic E-state index is 5.03. The molecule has 0 atom stereocenters. The molecule has 0 saturated heterocycles. The number of benzene rings is 6. The molecule has 6 heteroatoms. The lowest BCUT2D eigenvalue weighted by atomic mass is 10.1. The lowest BCUT2D eigenvalue weighted by molar-refractivity contribution is 1.07. The number of hydrogen-bond acceptors (Lipinski definition) is 5. The van der Waals surface area contributed by atoms with Gasteiger partial charge in [0.25, 0.3) is 0 Å². The van der Waals surface area contributed by atoms with E-state index in [2.05, 4.69) is 131 Å². The minimum absolute atomic E-state index is 0.612. The van der Waals surface area contributed by atoms with Crippen LogP contribution in [0.25, 0.3) is 83.8 Å². The summed E-state index contributed by atoms with van der Waals surface area (Å²) in [6.07, 6.45) is 3.61. The quantitative estimate of drug-likeness (QED) is 0.196. The highest BCUT2D eigenvalue weighted by atomic mass is 15.1. The number of pyridine rings is 1. The van der Waals surface area contributed by atoms with Crippen molar-refractivity contribution in [3.63, 3.8) is 0 Å². The lowest BCUT2D eigenvalue weighted by Gasteiger charge is -2.12. The minimum atomic E-state index is 0.612. The van der Waals surface area contributed by atoms with Crippen molar-refractivity contribution in [2.45, 2.75) is 0 Å². The van der Waals surface area contributed by atoms with E-state index in [1.807, 2.05) is 24.3 Å². The Hall–Kier alpha value is -6.53. The summed E-state index contributed by atoms with van der Waals surface area (Å²) < 4.78 is 2.17. The summed E-state index contributed by atoms with van der Waals surface area (Å²) in [6, 6.07) is 49.9. The molecule has 0 radical (unpaired) electrons. The van der Waals surface area contributed by atoms with Crippen molar-refractivity contribution in [3.8, 4) is 51.2 Å². The van der Waals surface area contributed by atoms with E-state index in [1.54, 1.807) is 12.4 Å². The van der Waals surface area contributed by atoms with E-state index in [1.165, 1.54) is 10.8 Å². The Morgan fingerprint density at radius 3 is 1.55 bits per heavy atom. The summed E-state index contributed by atoms with van der Waals surface area (Å²) in [5.41, 5.74) is 6.63. The van der Waals surface area contributed by atoms with E-state index in [9.17, 15) is 0 Å². The lowest BCUT2D eigenvalue weighted by Crippen LogP contribution is -2.01. The molecule has 3 heterocycles. The first kappa shape index (κ1) is 26.8. The van der Waals surface area contributed by atoms with Crippen LogP contribution in [0.1, 0.15) is 0 Å². The predicted octanol–water partition coefficient (Wildman–Crippen LogP) is 9.58. The summed E-state index contributed by atoms with van der Waals surface area (Å²) in [7, 11) is 0. The third kappa shape index (κ3) is 4.89. The van der Waals surface area contributed by atoms with E-state index in [-0.39, 0.29) is 0 Å². The fourth-order valence-electron chi connectivity index (χ4n) is 6.15. The van der Waals surface area contributed by atoms with E-state index in [0.29, 0.717) is 17.5 Å². The van der Waals surface area contributed by atoms with Gasteiger partial charge < -0.3 is 0 Å². The number of imidazole rings is 1. The Labute approximate surface area is 270 Å². The molecule has 6 nitrogen and oxygen atoms in total. The topological polar surface area (TPSA) is 69.4 Å². The van der Waals surface area contributed by atoms with Gasteiger partial charge in [-0.15, -0.1) is 0 Å². The van der Waals surface area contributed by atoms with Gasteiger partial charge in [0, 0.05) is 34.1 Å². The number of aromatic nitrogens is 6. The molecule has 0 N–H and O–H groups in total. The molecule has 9 aromatic rings. The molecule has 0 saturated carbocycles. The first-order valence-electron chi connectivity index (χ1n) is 15.5. The summed E-state index contributed by atoms with van der Waals surface area (Å²) in [5, 5.41) is 4.63. The van der Waals surface area contributed by atoms with Crippen LogP contribution in [-0.2, 0) is 0 Å². The molecular weight excluding hydrogens is 576 g/mol. The Morgan fingerprint density at radius 1 is 0.404 bits per heavy atom. The van der Waals surface area contributed by atoms with Gasteiger partial charge in [-0.2, -0.15) is 0 Å². The smallest absolute Gasteiger partial charge is 0.164 e. The Balaban J connectivity index is 1.19. The van der Waals surface area contributed by atoms with Crippen LogP contribution in [0, 0.1) is 0 Å². The van der Waals surface area contributed by atoms with Gasteiger partial charge in [0.15, 0.2) is 17.5 Å². The molecule has 47 heavy (non-hydrogen) atoms. The van der Waals surface area contributed by atoms with Gasteiger partial charge in [-0.05, 0) is 64.0 Å². The highest BCUT2D eigenvalue weighted by molar-refractivity contribution is 5.88. The Morgan fingerprint density at radius 2 is 0.936 bits per heavy atom. The second kappa shape index (κ2) is 11.1. The maximum absolute atomic E-state index is 5.03. The molecule has 0 aliphatic heterocycles. The van der Waals surface area contributed by atoms with E-state index < -0.39 is 0 Å². The number of nitrogens with zero attached hydrogens (tertiary/aromatic N) is 6. The van der Waals surface area contributed by atoms with Crippen LogP contribution < -0.4 is 0 Å². The van der Waals surface area contributed by atoms with Gasteiger partial charge >= 0.3 is 0 Å². The maximum Gasteiger partial charge on any atom is 0.164 e. The normalized spacial score (nSPS) is 11.4. The summed E-state index contributed by atoms with van der Waals surface area (Å²) in [6.45, 7) is 0. The van der Waals surface area contributed by atoms with Crippen LogP contribution in [0.15, 0.2) is 158 Å². The third-order valence-electron chi connectivity index (χ3n) is 8.52. The van der Waals surface area contributed by atoms with Crippen LogP contribution >= 0.6 is 0 Å². The average Bonchev–Trinajstić information content (AvgIpc) is 3.54. The number of rotatable bonds is 5. The molecular formula is C41H26N6. The predicted molar refractivity (Wildman–Crippen MR) is 189 cm³/mol.